The van der Waals surface area contributed by atoms with Gasteiger partial charge >= 0.3 is 5.97 Å². The molecule has 0 saturated heterocycles. The summed E-state index contributed by atoms with van der Waals surface area (Å²) in [6.07, 6.45) is 3.65. The minimum absolute atomic E-state index is 0.404. The van der Waals surface area contributed by atoms with Gasteiger partial charge in [0.1, 0.15) is 0 Å². The summed E-state index contributed by atoms with van der Waals surface area (Å²) in [6, 6.07) is 7.23. The van der Waals surface area contributed by atoms with Gasteiger partial charge < -0.3 is 9.57 Å². The average molecular weight is 287 g/mol. The van der Waals surface area contributed by atoms with E-state index in [1.807, 2.05) is 39.0 Å². The highest BCUT2D eigenvalue weighted by molar-refractivity contribution is 6.17. The number of allylic oxidation sites excluding steroid dienone is 3. The Morgan fingerprint density at radius 3 is 2.38 bits per heavy atom. The number of nitrogens with zero attached hydrogens (tertiary/aromatic N) is 1. The van der Waals surface area contributed by atoms with E-state index >= 15 is 0 Å². The van der Waals surface area contributed by atoms with Crippen molar-refractivity contribution < 1.29 is 14.4 Å². The molecule has 0 radical (unpaired) electrons. The summed E-state index contributed by atoms with van der Waals surface area (Å²) in [5, 5.41) is 4.10. The van der Waals surface area contributed by atoms with E-state index in [2.05, 4.69) is 5.16 Å². The first-order valence-electron chi connectivity index (χ1n) is 6.74. The molecule has 0 aliphatic carbocycles. The van der Waals surface area contributed by atoms with Crippen LogP contribution >= 0.6 is 0 Å². The number of oxime groups is 1. The number of benzene rings is 1. The first-order valence-corrected chi connectivity index (χ1v) is 6.74. The fourth-order valence-electron chi connectivity index (χ4n) is 1.66. The molecule has 0 atom stereocenters. The first kappa shape index (κ1) is 16.7. The van der Waals surface area contributed by atoms with Crippen molar-refractivity contribution in [3.63, 3.8) is 0 Å². The molecule has 1 rings (SSSR count). The van der Waals surface area contributed by atoms with Crippen LogP contribution in [0, 0.1) is 0 Å². The molecule has 0 saturated carbocycles. The number of carbonyl (C=O) groups is 1. The Bertz CT molecular complexity index is 598. The summed E-state index contributed by atoms with van der Waals surface area (Å²) < 4.78 is 4.79. The zero-order valence-corrected chi connectivity index (χ0v) is 13.1. The van der Waals surface area contributed by atoms with Gasteiger partial charge in [-0.2, -0.15) is 0 Å². The van der Waals surface area contributed by atoms with E-state index in [4.69, 9.17) is 9.57 Å². The van der Waals surface area contributed by atoms with Crippen LogP contribution in [0.3, 0.4) is 0 Å². The summed E-state index contributed by atoms with van der Waals surface area (Å²) in [5.74, 6) is 0.109. The van der Waals surface area contributed by atoms with Crippen LogP contribution in [-0.4, -0.2) is 18.8 Å². The van der Waals surface area contributed by atoms with Crippen molar-refractivity contribution in [3.05, 3.63) is 47.6 Å². The van der Waals surface area contributed by atoms with Gasteiger partial charge in [0.05, 0.1) is 18.4 Å². The van der Waals surface area contributed by atoms with E-state index in [1.165, 1.54) is 7.11 Å². The summed E-state index contributed by atoms with van der Waals surface area (Å²) >= 11 is 0. The molecule has 0 N–H and O–H groups in total. The Morgan fingerprint density at radius 2 is 1.81 bits per heavy atom. The van der Waals surface area contributed by atoms with Crippen LogP contribution in [0.25, 0.3) is 5.57 Å². The molecule has 4 nitrogen and oxygen atoms in total. The standard InChI is InChI=1S/C17H21NO3/c1-6-12(3)13(4)18-21-16-11-9-8-10-15(16)14(7-2)17(19)20-5/h6-11H,1-5H3/b12-6+,14-7+,18-13-. The van der Waals surface area contributed by atoms with Gasteiger partial charge in [-0.3, -0.25) is 0 Å². The molecule has 0 spiro atoms. The van der Waals surface area contributed by atoms with Crippen molar-refractivity contribution >= 4 is 17.3 Å². The van der Waals surface area contributed by atoms with Crippen molar-refractivity contribution in [2.75, 3.05) is 7.11 Å². The van der Waals surface area contributed by atoms with E-state index in [0.717, 1.165) is 11.3 Å². The quantitative estimate of drug-likeness (QED) is 0.356. The van der Waals surface area contributed by atoms with Crippen LogP contribution in [0.4, 0.5) is 0 Å². The van der Waals surface area contributed by atoms with Crippen LogP contribution in [0.2, 0.25) is 0 Å². The summed E-state index contributed by atoms with van der Waals surface area (Å²) in [6.45, 7) is 7.55. The molecule has 21 heavy (non-hydrogen) atoms. The van der Waals surface area contributed by atoms with Gasteiger partial charge in [0.15, 0.2) is 5.75 Å². The van der Waals surface area contributed by atoms with E-state index in [1.54, 1.807) is 25.1 Å². The number of esters is 1. The molecule has 0 amide bonds. The predicted molar refractivity (Wildman–Crippen MR) is 85.3 cm³/mol. The van der Waals surface area contributed by atoms with Gasteiger partial charge in [0.25, 0.3) is 0 Å². The molecule has 0 bridgehead atoms. The van der Waals surface area contributed by atoms with E-state index < -0.39 is 5.97 Å². The van der Waals surface area contributed by atoms with Crippen LogP contribution < -0.4 is 4.84 Å². The summed E-state index contributed by atoms with van der Waals surface area (Å²) in [4.78, 5) is 17.3. The number of hydrogen-bond acceptors (Lipinski definition) is 4. The molecule has 1 aromatic carbocycles. The second-order valence-electron chi connectivity index (χ2n) is 4.43. The smallest absolute Gasteiger partial charge is 0.338 e. The molecule has 0 aliphatic rings. The molecular formula is C17H21NO3. The maximum absolute atomic E-state index is 11.8. The zero-order chi connectivity index (χ0) is 15.8. The number of rotatable bonds is 5. The first-order chi connectivity index (χ1) is 10.0. The minimum Gasteiger partial charge on any atom is -0.465 e. The third kappa shape index (κ3) is 4.31. The second-order valence-corrected chi connectivity index (χ2v) is 4.43. The van der Waals surface area contributed by atoms with Crippen molar-refractivity contribution in [3.8, 4) is 5.75 Å². The second kappa shape index (κ2) is 8.04. The maximum atomic E-state index is 11.8. The lowest BCUT2D eigenvalue weighted by molar-refractivity contribution is -0.133. The molecule has 0 unspecified atom stereocenters. The Kier molecular flexibility index (Phi) is 6.40. The number of carbonyl (C=O) groups excluding carboxylic acids is 1. The van der Waals surface area contributed by atoms with Crippen molar-refractivity contribution in [1.29, 1.82) is 0 Å². The molecule has 0 aromatic heterocycles. The molecule has 0 fully saturated rings. The van der Waals surface area contributed by atoms with Gasteiger partial charge in [-0.25, -0.2) is 4.79 Å². The normalized spacial score (nSPS) is 13.1. The third-order valence-electron chi connectivity index (χ3n) is 3.16. The Morgan fingerprint density at radius 1 is 1.14 bits per heavy atom. The van der Waals surface area contributed by atoms with Gasteiger partial charge in [0.2, 0.25) is 0 Å². The van der Waals surface area contributed by atoms with Crippen molar-refractivity contribution in [2.24, 2.45) is 5.16 Å². The number of ether oxygens (including phenoxy) is 1. The minimum atomic E-state index is -0.404. The van der Waals surface area contributed by atoms with E-state index in [-0.39, 0.29) is 0 Å². The van der Waals surface area contributed by atoms with Crippen LogP contribution in [0.15, 0.2) is 47.1 Å². The topological polar surface area (TPSA) is 47.9 Å². The number of hydrogen-bond donors (Lipinski definition) is 0. The average Bonchev–Trinajstić information content (AvgIpc) is 2.53. The SMILES string of the molecule is C/C=C(C)/C(C)=N\Oc1ccccc1/C(=C\C)C(=O)OC. The summed E-state index contributed by atoms with van der Waals surface area (Å²) in [5.41, 5.74) is 2.92. The Labute approximate surface area is 125 Å². The Balaban J connectivity index is 3.14. The lowest BCUT2D eigenvalue weighted by Gasteiger charge is -2.10. The fraction of sp³-hybridized carbons (Fsp3) is 0.294. The lowest BCUT2D eigenvalue weighted by atomic mass is 10.1. The van der Waals surface area contributed by atoms with E-state index in [9.17, 15) is 4.79 Å². The fourth-order valence-corrected chi connectivity index (χ4v) is 1.66. The highest BCUT2D eigenvalue weighted by Crippen LogP contribution is 2.27. The zero-order valence-electron chi connectivity index (χ0n) is 13.1. The molecule has 4 heteroatoms. The monoisotopic (exact) mass is 287 g/mol. The van der Waals surface area contributed by atoms with Crippen molar-refractivity contribution in [1.82, 2.24) is 0 Å². The number of methoxy groups -OCH3 is 1. The van der Waals surface area contributed by atoms with Gasteiger partial charge in [-0.05, 0) is 39.3 Å². The largest absolute Gasteiger partial charge is 0.465 e. The van der Waals surface area contributed by atoms with Gasteiger partial charge in [0, 0.05) is 5.56 Å². The highest BCUT2D eigenvalue weighted by Gasteiger charge is 2.16. The number of para-hydroxylation sites is 1. The summed E-state index contributed by atoms with van der Waals surface area (Å²) in [7, 11) is 1.35. The highest BCUT2D eigenvalue weighted by atomic mass is 16.6. The molecule has 112 valence electrons. The van der Waals surface area contributed by atoms with Crippen LogP contribution in [0.5, 0.6) is 5.75 Å². The van der Waals surface area contributed by atoms with Gasteiger partial charge in [-0.15, -0.1) is 0 Å². The third-order valence-corrected chi connectivity index (χ3v) is 3.16. The van der Waals surface area contributed by atoms with Crippen LogP contribution in [0.1, 0.15) is 33.3 Å². The van der Waals surface area contributed by atoms with Crippen LogP contribution in [-0.2, 0) is 9.53 Å². The van der Waals surface area contributed by atoms with E-state index in [0.29, 0.717) is 16.9 Å². The Hall–Kier alpha value is -2.36. The van der Waals surface area contributed by atoms with Crippen molar-refractivity contribution in [2.45, 2.75) is 27.7 Å². The van der Waals surface area contributed by atoms with Gasteiger partial charge in [-0.1, -0.05) is 35.5 Å². The molecule has 0 aliphatic heterocycles. The molecule has 0 heterocycles. The maximum Gasteiger partial charge on any atom is 0.338 e. The molecular weight excluding hydrogens is 266 g/mol. The predicted octanol–water partition coefficient (Wildman–Crippen LogP) is 3.98. The molecule has 1 aromatic rings. The lowest BCUT2D eigenvalue weighted by Crippen LogP contribution is -2.05.